The lowest BCUT2D eigenvalue weighted by molar-refractivity contribution is -0.122. The topological polar surface area (TPSA) is 89.6 Å². The number of fused-ring (bicyclic) bond motifs is 1. The van der Waals surface area contributed by atoms with Gasteiger partial charge in [0.2, 0.25) is 5.91 Å². The predicted molar refractivity (Wildman–Crippen MR) is 113 cm³/mol. The first kappa shape index (κ1) is 21.1. The third kappa shape index (κ3) is 5.06. The minimum Gasteiger partial charge on any atom is -0.497 e. The van der Waals surface area contributed by atoms with Crippen LogP contribution in [0.25, 0.3) is 0 Å². The van der Waals surface area contributed by atoms with Crippen LogP contribution in [0.1, 0.15) is 59.5 Å². The van der Waals surface area contributed by atoms with Crippen LogP contribution in [0.3, 0.4) is 0 Å². The van der Waals surface area contributed by atoms with E-state index >= 15 is 0 Å². The van der Waals surface area contributed by atoms with Gasteiger partial charge in [-0.3, -0.25) is 14.9 Å². The first-order valence-corrected chi connectivity index (χ1v) is 10.7. The van der Waals surface area contributed by atoms with Gasteiger partial charge in [-0.2, -0.15) is 0 Å². The van der Waals surface area contributed by atoms with Gasteiger partial charge >= 0.3 is 0 Å². The van der Waals surface area contributed by atoms with Gasteiger partial charge in [0.05, 0.1) is 25.8 Å². The van der Waals surface area contributed by atoms with E-state index < -0.39 is 0 Å². The third-order valence-corrected chi connectivity index (χ3v) is 5.99. The van der Waals surface area contributed by atoms with E-state index in [2.05, 4.69) is 22.5 Å². The van der Waals surface area contributed by atoms with E-state index in [1.54, 1.807) is 18.2 Å². The molecule has 2 aromatic rings. The molecule has 0 radical (unpaired) electrons. The van der Waals surface area contributed by atoms with Crippen molar-refractivity contribution in [2.45, 2.75) is 44.9 Å². The number of aryl methyl sites for hydroxylation is 1. The number of carbonyl (C=O) groups excluding carboxylic acids is 2. The van der Waals surface area contributed by atoms with Crippen LogP contribution in [0.15, 0.2) is 18.2 Å². The molecule has 3 rings (SSSR count). The summed E-state index contributed by atoms with van der Waals surface area (Å²) in [7, 11) is 3.07. The maximum atomic E-state index is 12.7. The number of thiazole rings is 1. The van der Waals surface area contributed by atoms with Crippen molar-refractivity contribution in [3.8, 4) is 11.5 Å². The summed E-state index contributed by atoms with van der Waals surface area (Å²) >= 11 is 1.43. The number of amides is 2. The van der Waals surface area contributed by atoms with Gasteiger partial charge in [-0.25, -0.2) is 4.98 Å². The summed E-state index contributed by atoms with van der Waals surface area (Å²) in [5.41, 5.74) is 1.21. The number of nitrogens with zero attached hydrogens (tertiary/aromatic N) is 1. The molecule has 0 aliphatic heterocycles. The Labute approximate surface area is 174 Å². The molecule has 1 unspecified atom stereocenters. The van der Waals surface area contributed by atoms with Gasteiger partial charge in [0, 0.05) is 23.1 Å². The molecule has 156 valence electrons. The van der Waals surface area contributed by atoms with E-state index in [-0.39, 0.29) is 17.7 Å². The van der Waals surface area contributed by atoms with E-state index in [9.17, 15) is 9.59 Å². The minimum absolute atomic E-state index is 0.0283. The Bertz CT molecular complexity index is 859. The number of rotatable bonds is 9. The third-order valence-electron chi connectivity index (χ3n) is 4.95. The van der Waals surface area contributed by atoms with E-state index in [1.807, 2.05) is 0 Å². The Balaban J connectivity index is 1.67. The van der Waals surface area contributed by atoms with E-state index in [4.69, 9.17) is 9.47 Å². The van der Waals surface area contributed by atoms with Crippen LogP contribution in [0.4, 0.5) is 5.13 Å². The van der Waals surface area contributed by atoms with Crippen LogP contribution >= 0.6 is 11.3 Å². The number of carbonyl (C=O) groups is 2. The lowest BCUT2D eigenvalue weighted by atomic mass is 10.1. The van der Waals surface area contributed by atoms with Gasteiger partial charge in [-0.1, -0.05) is 19.8 Å². The minimum atomic E-state index is -0.296. The number of ether oxygens (including phenoxy) is 2. The van der Waals surface area contributed by atoms with Gasteiger partial charge in [-0.15, -0.1) is 11.3 Å². The van der Waals surface area contributed by atoms with Crippen LogP contribution in [-0.2, 0) is 11.2 Å². The zero-order valence-corrected chi connectivity index (χ0v) is 17.9. The molecule has 1 atom stereocenters. The Morgan fingerprint density at radius 3 is 2.55 bits per heavy atom. The van der Waals surface area contributed by atoms with E-state index in [1.165, 1.54) is 25.6 Å². The molecule has 2 amide bonds. The second kappa shape index (κ2) is 9.73. The first-order chi connectivity index (χ1) is 14.0. The second-order valence-corrected chi connectivity index (χ2v) is 8.06. The number of anilines is 1. The molecule has 8 heteroatoms. The van der Waals surface area contributed by atoms with Gasteiger partial charge in [-0.05, 0) is 31.4 Å². The molecule has 29 heavy (non-hydrogen) atoms. The monoisotopic (exact) mass is 417 g/mol. The number of unbranched alkanes of at least 4 members (excludes halogenated alkanes) is 2. The standard InChI is InChI=1S/C21H27N3O4S/c1-4-5-6-9-22-20(26)16-7-8-17-18(16)23-21(29-17)24-19(25)13-10-14(27-2)12-15(11-13)28-3/h10-12,16H,4-9H2,1-3H3,(H,22,26)(H,23,24,25). The SMILES string of the molecule is CCCCCNC(=O)C1CCc2sc(NC(=O)c3cc(OC)cc(OC)c3)nc21. The fraction of sp³-hybridized carbons (Fsp3) is 0.476. The van der Waals surface area contributed by atoms with Crippen LogP contribution in [0, 0.1) is 0 Å². The largest absolute Gasteiger partial charge is 0.497 e. The van der Waals surface area contributed by atoms with Crippen molar-refractivity contribution in [3.05, 3.63) is 34.3 Å². The van der Waals surface area contributed by atoms with Crippen molar-refractivity contribution < 1.29 is 19.1 Å². The fourth-order valence-corrected chi connectivity index (χ4v) is 4.39. The zero-order chi connectivity index (χ0) is 20.8. The molecule has 0 spiro atoms. The van der Waals surface area contributed by atoms with Crippen molar-refractivity contribution >= 4 is 28.3 Å². The van der Waals surface area contributed by atoms with Crippen LogP contribution in [0.5, 0.6) is 11.5 Å². The molecular formula is C21H27N3O4S. The van der Waals surface area contributed by atoms with E-state index in [0.717, 1.165) is 42.7 Å². The second-order valence-electron chi connectivity index (χ2n) is 6.97. The van der Waals surface area contributed by atoms with Crippen molar-refractivity contribution in [2.24, 2.45) is 0 Å². The van der Waals surface area contributed by atoms with Crippen molar-refractivity contribution in [1.29, 1.82) is 0 Å². The highest BCUT2D eigenvalue weighted by molar-refractivity contribution is 7.16. The molecule has 0 saturated heterocycles. The van der Waals surface area contributed by atoms with Crippen molar-refractivity contribution in [1.82, 2.24) is 10.3 Å². The van der Waals surface area contributed by atoms with Crippen LogP contribution in [-0.4, -0.2) is 37.6 Å². The maximum absolute atomic E-state index is 12.7. The molecular weight excluding hydrogens is 390 g/mol. The summed E-state index contributed by atoms with van der Waals surface area (Å²) < 4.78 is 10.4. The molecule has 1 heterocycles. The number of benzene rings is 1. The predicted octanol–water partition coefficient (Wildman–Crippen LogP) is 3.75. The average Bonchev–Trinajstić information content (AvgIpc) is 3.30. The van der Waals surface area contributed by atoms with Gasteiger partial charge < -0.3 is 14.8 Å². The van der Waals surface area contributed by atoms with Crippen LogP contribution in [0.2, 0.25) is 0 Å². The van der Waals surface area contributed by atoms with Gasteiger partial charge in [0.1, 0.15) is 11.5 Å². The molecule has 0 saturated carbocycles. The Kier molecular flexibility index (Phi) is 7.09. The molecule has 1 aliphatic carbocycles. The maximum Gasteiger partial charge on any atom is 0.257 e. The number of hydrogen-bond acceptors (Lipinski definition) is 6. The van der Waals surface area contributed by atoms with E-state index in [0.29, 0.717) is 28.7 Å². The highest BCUT2D eigenvalue weighted by Gasteiger charge is 2.32. The van der Waals surface area contributed by atoms with Gasteiger partial charge in [0.25, 0.3) is 5.91 Å². The Morgan fingerprint density at radius 2 is 1.90 bits per heavy atom. The quantitative estimate of drug-likeness (QED) is 0.607. The molecule has 7 nitrogen and oxygen atoms in total. The summed E-state index contributed by atoms with van der Waals surface area (Å²) in [6.45, 7) is 2.84. The van der Waals surface area contributed by atoms with Crippen LogP contribution < -0.4 is 20.1 Å². The summed E-state index contributed by atoms with van der Waals surface area (Å²) in [6.07, 6.45) is 4.80. The Hall–Kier alpha value is -2.61. The molecule has 0 fully saturated rings. The highest BCUT2D eigenvalue weighted by Crippen LogP contribution is 2.38. The number of hydrogen-bond donors (Lipinski definition) is 2. The number of nitrogens with one attached hydrogen (secondary N) is 2. The fourth-order valence-electron chi connectivity index (χ4n) is 3.35. The van der Waals surface area contributed by atoms with Crippen molar-refractivity contribution in [3.63, 3.8) is 0 Å². The molecule has 1 aromatic heterocycles. The molecule has 1 aromatic carbocycles. The Morgan fingerprint density at radius 1 is 1.17 bits per heavy atom. The number of methoxy groups -OCH3 is 2. The smallest absolute Gasteiger partial charge is 0.257 e. The molecule has 0 bridgehead atoms. The first-order valence-electron chi connectivity index (χ1n) is 9.87. The van der Waals surface area contributed by atoms with Gasteiger partial charge in [0.15, 0.2) is 5.13 Å². The summed E-state index contributed by atoms with van der Waals surface area (Å²) in [4.78, 5) is 30.8. The molecule has 2 N–H and O–H groups in total. The molecule has 1 aliphatic rings. The lowest BCUT2D eigenvalue weighted by Gasteiger charge is -2.10. The zero-order valence-electron chi connectivity index (χ0n) is 17.0. The normalized spacial score (nSPS) is 14.9. The summed E-state index contributed by atoms with van der Waals surface area (Å²) in [5.74, 6) is 0.577. The lowest BCUT2D eigenvalue weighted by Crippen LogP contribution is -2.29. The average molecular weight is 418 g/mol. The summed E-state index contributed by atoms with van der Waals surface area (Å²) in [5, 5.41) is 6.35. The summed E-state index contributed by atoms with van der Waals surface area (Å²) in [6, 6.07) is 5.00. The highest BCUT2D eigenvalue weighted by atomic mass is 32.1. The van der Waals surface area contributed by atoms with Crippen molar-refractivity contribution in [2.75, 3.05) is 26.1 Å². The number of aromatic nitrogens is 1.